The van der Waals surface area contributed by atoms with E-state index in [1.54, 1.807) is 17.5 Å². The summed E-state index contributed by atoms with van der Waals surface area (Å²) in [5.41, 5.74) is -0.0973. The van der Waals surface area contributed by atoms with Crippen LogP contribution in [-0.4, -0.2) is 12.1 Å². The fraction of sp³-hybridized carbons (Fsp3) is 0.154. The van der Waals surface area contributed by atoms with E-state index in [4.69, 9.17) is 0 Å². The van der Waals surface area contributed by atoms with E-state index in [1.165, 1.54) is 30.3 Å². The molecule has 0 amide bonds. The molecule has 0 saturated heterocycles. The first-order valence-electron chi connectivity index (χ1n) is 5.34. The molecule has 0 spiro atoms. The first-order valence-corrected chi connectivity index (χ1v) is 6.22. The molecule has 0 aliphatic heterocycles. The van der Waals surface area contributed by atoms with E-state index < -0.39 is 18.2 Å². The minimum absolute atomic E-state index is 0.0973. The zero-order valence-electron chi connectivity index (χ0n) is 9.55. The first-order chi connectivity index (χ1) is 8.98. The number of thiophene rings is 1. The maximum absolute atomic E-state index is 12.9. The van der Waals surface area contributed by atoms with Crippen LogP contribution in [0.3, 0.4) is 0 Å². The predicted molar refractivity (Wildman–Crippen MR) is 65.0 cm³/mol. The summed E-state index contributed by atoms with van der Waals surface area (Å²) >= 11 is 1.04. The van der Waals surface area contributed by atoms with Crippen molar-refractivity contribution < 1.29 is 22.7 Å². The molecule has 1 aromatic carbocycles. The summed E-state index contributed by atoms with van der Waals surface area (Å²) in [5, 5.41) is 1.60. The number of esters is 1. The van der Waals surface area contributed by atoms with Crippen LogP contribution in [-0.2, 0) is 4.74 Å². The molecule has 2 aromatic rings. The summed E-state index contributed by atoms with van der Waals surface area (Å²) in [6.07, 6.45) is -6.89. The fourth-order valence-corrected chi connectivity index (χ4v) is 2.12. The van der Waals surface area contributed by atoms with Crippen molar-refractivity contribution >= 4 is 17.3 Å². The third kappa shape index (κ3) is 3.35. The molecule has 0 N–H and O–H groups in total. The average Bonchev–Trinajstić information content (AvgIpc) is 2.89. The van der Waals surface area contributed by atoms with Gasteiger partial charge in [0.05, 0.1) is 0 Å². The van der Waals surface area contributed by atoms with E-state index in [2.05, 4.69) is 4.74 Å². The lowest BCUT2D eigenvalue weighted by Gasteiger charge is -2.20. The van der Waals surface area contributed by atoms with E-state index in [1.807, 2.05) is 0 Å². The minimum atomic E-state index is -4.64. The second kappa shape index (κ2) is 5.44. The van der Waals surface area contributed by atoms with Crippen LogP contribution in [0.25, 0.3) is 0 Å². The third-order valence-electron chi connectivity index (χ3n) is 2.35. The van der Waals surface area contributed by atoms with Gasteiger partial charge in [-0.3, -0.25) is 0 Å². The Morgan fingerprint density at radius 1 is 1.11 bits per heavy atom. The summed E-state index contributed by atoms with van der Waals surface area (Å²) in [6, 6.07) is 10.1. The van der Waals surface area contributed by atoms with Crippen molar-refractivity contribution in [1.82, 2.24) is 0 Å². The molecular formula is C13H9F3O2S. The first kappa shape index (κ1) is 13.6. The number of carbonyl (C=O) groups is 1. The molecule has 1 heterocycles. The molecule has 0 radical (unpaired) electrons. The van der Waals surface area contributed by atoms with E-state index in [0.29, 0.717) is 0 Å². The molecule has 1 unspecified atom stereocenters. The number of ether oxygens (including phenoxy) is 1. The van der Waals surface area contributed by atoms with Crippen molar-refractivity contribution in [1.29, 1.82) is 0 Å². The Morgan fingerprint density at radius 3 is 2.32 bits per heavy atom. The Morgan fingerprint density at radius 2 is 1.79 bits per heavy atom. The van der Waals surface area contributed by atoms with Gasteiger partial charge in [0, 0.05) is 5.56 Å². The molecule has 1 atom stereocenters. The van der Waals surface area contributed by atoms with Crippen LogP contribution in [0.4, 0.5) is 13.2 Å². The SMILES string of the molecule is O=C(OC(c1ccccc1)C(F)(F)F)c1cccs1. The molecule has 2 rings (SSSR count). The van der Waals surface area contributed by atoms with Gasteiger partial charge in [0.25, 0.3) is 0 Å². The van der Waals surface area contributed by atoms with Crippen molar-refractivity contribution in [3.8, 4) is 0 Å². The molecule has 6 heteroatoms. The number of carbonyl (C=O) groups excluding carboxylic acids is 1. The lowest BCUT2D eigenvalue weighted by molar-refractivity contribution is -0.207. The molecule has 2 nitrogen and oxygen atoms in total. The quantitative estimate of drug-likeness (QED) is 0.790. The molecule has 19 heavy (non-hydrogen) atoms. The van der Waals surface area contributed by atoms with Crippen molar-refractivity contribution in [2.24, 2.45) is 0 Å². The van der Waals surface area contributed by atoms with E-state index in [-0.39, 0.29) is 10.4 Å². The zero-order chi connectivity index (χ0) is 13.9. The number of benzene rings is 1. The molecule has 0 aliphatic rings. The van der Waals surface area contributed by atoms with Crippen LogP contribution in [0.1, 0.15) is 21.3 Å². The Bertz CT molecular complexity index is 535. The highest BCUT2D eigenvalue weighted by atomic mass is 32.1. The highest BCUT2D eigenvalue weighted by Crippen LogP contribution is 2.36. The Labute approximate surface area is 111 Å². The highest BCUT2D eigenvalue weighted by Gasteiger charge is 2.44. The third-order valence-corrected chi connectivity index (χ3v) is 3.20. The predicted octanol–water partition coefficient (Wildman–Crippen LogP) is 4.21. The van der Waals surface area contributed by atoms with Crippen molar-refractivity contribution in [2.75, 3.05) is 0 Å². The van der Waals surface area contributed by atoms with Crippen molar-refractivity contribution in [3.05, 3.63) is 58.3 Å². The van der Waals surface area contributed by atoms with Crippen LogP contribution in [0.5, 0.6) is 0 Å². The Hall–Kier alpha value is -1.82. The van der Waals surface area contributed by atoms with Gasteiger partial charge in [-0.15, -0.1) is 11.3 Å². The molecular weight excluding hydrogens is 277 g/mol. The molecule has 0 aliphatic carbocycles. The maximum atomic E-state index is 12.9. The summed E-state index contributed by atoms with van der Waals surface area (Å²) < 4.78 is 43.4. The van der Waals surface area contributed by atoms with Gasteiger partial charge in [-0.05, 0) is 11.4 Å². The number of hydrogen-bond donors (Lipinski definition) is 0. The number of hydrogen-bond acceptors (Lipinski definition) is 3. The fourth-order valence-electron chi connectivity index (χ4n) is 1.51. The zero-order valence-corrected chi connectivity index (χ0v) is 10.4. The molecule has 0 fully saturated rings. The maximum Gasteiger partial charge on any atom is 0.429 e. The molecule has 0 saturated carbocycles. The van der Waals surface area contributed by atoms with Crippen LogP contribution in [0.2, 0.25) is 0 Å². The number of halogens is 3. The summed E-state index contributed by atoms with van der Waals surface area (Å²) in [4.78, 5) is 11.8. The average molecular weight is 286 g/mol. The van der Waals surface area contributed by atoms with E-state index >= 15 is 0 Å². The highest BCUT2D eigenvalue weighted by molar-refractivity contribution is 7.11. The van der Waals surface area contributed by atoms with Gasteiger partial charge in [-0.25, -0.2) is 4.79 Å². The van der Waals surface area contributed by atoms with Gasteiger partial charge >= 0.3 is 12.1 Å². The standard InChI is InChI=1S/C13H9F3O2S/c14-13(15,16)11(9-5-2-1-3-6-9)18-12(17)10-7-4-8-19-10/h1-8,11H. The van der Waals surface area contributed by atoms with Gasteiger partial charge < -0.3 is 4.74 Å². The van der Waals surface area contributed by atoms with Gasteiger partial charge in [0.15, 0.2) is 0 Å². The van der Waals surface area contributed by atoms with Gasteiger partial charge in [0.1, 0.15) is 4.88 Å². The Kier molecular flexibility index (Phi) is 3.90. The second-order valence-electron chi connectivity index (χ2n) is 3.71. The topological polar surface area (TPSA) is 26.3 Å². The molecule has 100 valence electrons. The second-order valence-corrected chi connectivity index (χ2v) is 4.66. The van der Waals surface area contributed by atoms with Crippen LogP contribution >= 0.6 is 11.3 Å². The van der Waals surface area contributed by atoms with Gasteiger partial charge in [-0.2, -0.15) is 13.2 Å². The normalized spacial score (nSPS) is 13.0. The number of alkyl halides is 3. The van der Waals surface area contributed by atoms with Gasteiger partial charge in [-0.1, -0.05) is 36.4 Å². The van der Waals surface area contributed by atoms with E-state index in [9.17, 15) is 18.0 Å². The lowest BCUT2D eigenvalue weighted by atomic mass is 10.1. The van der Waals surface area contributed by atoms with Crippen molar-refractivity contribution in [2.45, 2.75) is 12.3 Å². The molecule has 1 aromatic heterocycles. The van der Waals surface area contributed by atoms with E-state index in [0.717, 1.165) is 11.3 Å². The minimum Gasteiger partial charge on any atom is -0.444 e. The largest absolute Gasteiger partial charge is 0.444 e. The van der Waals surface area contributed by atoms with Crippen LogP contribution in [0, 0.1) is 0 Å². The summed E-state index contributed by atoms with van der Waals surface area (Å²) in [6.45, 7) is 0. The summed E-state index contributed by atoms with van der Waals surface area (Å²) in [5.74, 6) is -0.971. The van der Waals surface area contributed by atoms with Crippen LogP contribution < -0.4 is 0 Å². The summed E-state index contributed by atoms with van der Waals surface area (Å²) in [7, 11) is 0. The lowest BCUT2D eigenvalue weighted by Crippen LogP contribution is -2.26. The smallest absolute Gasteiger partial charge is 0.429 e. The van der Waals surface area contributed by atoms with Crippen molar-refractivity contribution in [3.63, 3.8) is 0 Å². The van der Waals surface area contributed by atoms with Crippen LogP contribution in [0.15, 0.2) is 47.8 Å². The monoisotopic (exact) mass is 286 g/mol. The van der Waals surface area contributed by atoms with Gasteiger partial charge in [0.2, 0.25) is 6.10 Å². The number of rotatable bonds is 3. The Balaban J connectivity index is 2.23. The molecule has 0 bridgehead atoms.